The number of hydrogen-bond acceptors (Lipinski definition) is 4. The third kappa shape index (κ3) is 1.57. The van der Waals surface area contributed by atoms with E-state index in [2.05, 4.69) is 11.5 Å². The Morgan fingerprint density at radius 3 is 2.96 bits per heavy atom. The van der Waals surface area contributed by atoms with Gasteiger partial charge >= 0.3 is 0 Å². The molecule has 6 rings (SSSR count). The summed E-state index contributed by atoms with van der Waals surface area (Å²) in [6, 6.07) is 0.121. The molecule has 2 heterocycles. The number of aliphatic hydroxyl groups excluding tert-OH is 1. The summed E-state index contributed by atoms with van der Waals surface area (Å²) < 4.78 is 6.29. The van der Waals surface area contributed by atoms with Gasteiger partial charge in [0.25, 0.3) is 0 Å². The zero-order chi connectivity index (χ0) is 17.0. The molecule has 2 bridgehead atoms. The van der Waals surface area contributed by atoms with E-state index < -0.39 is 11.0 Å². The molecule has 0 radical (unpaired) electrons. The lowest BCUT2D eigenvalue weighted by atomic mass is 9.49. The maximum absolute atomic E-state index is 12.0. The highest BCUT2D eigenvalue weighted by Crippen LogP contribution is 2.67. The Bertz CT molecular complexity index is 789. The lowest BCUT2D eigenvalue weighted by Crippen LogP contribution is -2.71. The molecule has 0 aromatic rings. The van der Waals surface area contributed by atoms with Crippen LogP contribution in [0.25, 0.3) is 0 Å². The van der Waals surface area contributed by atoms with Gasteiger partial charge in [-0.2, -0.15) is 0 Å². The fraction of sp³-hybridized carbons (Fsp3) is 0.619. The molecule has 2 N–H and O–H groups in total. The first-order valence-electron chi connectivity index (χ1n) is 9.71. The summed E-state index contributed by atoms with van der Waals surface area (Å²) in [4.78, 5) is 2.54. The monoisotopic (exact) mass is 339 g/mol. The molecule has 4 nitrogen and oxygen atoms in total. The van der Waals surface area contributed by atoms with Crippen LogP contribution in [0.3, 0.4) is 0 Å². The van der Waals surface area contributed by atoms with Crippen molar-refractivity contribution in [2.75, 3.05) is 13.1 Å². The summed E-state index contributed by atoms with van der Waals surface area (Å²) in [6.45, 7) is 6.32. The highest BCUT2D eigenvalue weighted by atomic mass is 16.5. The van der Waals surface area contributed by atoms with E-state index in [1.165, 1.54) is 18.4 Å². The van der Waals surface area contributed by atoms with Crippen LogP contribution in [-0.2, 0) is 4.74 Å². The quantitative estimate of drug-likeness (QED) is 0.812. The Kier molecular flexibility index (Phi) is 2.58. The molecule has 0 aromatic heterocycles. The van der Waals surface area contributed by atoms with Gasteiger partial charge in [-0.25, -0.2) is 0 Å². The Labute approximate surface area is 148 Å². The van der Waals surface area contributed by atoms with Crippen LogP contribution in [0.1, 0.15) is 38.5 Å². The molecular weight excluding hydrogens is 314 g/mol. The minimum Gasteiger partial charge on any atom is -0.508 e. The highest BCUT2D eigenvalue weighted by Gasteiger charge is 2.72. The van der Waals surface area contributed by atoms with Crippen molar-refractivity contribution in [3.63, 3.8) is 0 Å². The number of hydrogen-bond donors (Lipinski definition) is 2. The molecule has 0 unspecified atom stereocenters. The minimum atomic E-state index is -0.926. The molecule has 0 aromatic carbocycles. The van der Waals surface area contributed by atoms with E-state index in [1.54, 1.807) is 0 Å². The van der Waals surface area contributed by atoms with Gasteiger partial charge in [0.15, 0.2) is 5.76 Å². The van der Waals surface area contributed by atoms with Crippen molar-refractivity contribution >= 4 is 0 Å². The van der Waals surface area contributed by atoms with Gasteiger partial charge in [-0.3, -0.25) is 4.90 Å². The first kappa shape index (κ1) is 14.6. The zero-order valence-electron chi connectivity index (χ0n) is 14.5. The molecule has 4 aliphatic carbocycles. The van der Waals surface area contributed by atoms with E-state index in [0.29, 0.717) is 17.9 Å². The number of rotatable bonds is 2. The number of nitrogens with zero attached hydrogens (tertiary/aromatic N) is 1. The third-order valence-electron chi connectivity index (χ3n) is 7.61. The van der Waals surface area contributed by atoms with Crippen molar-refractivity contribution in [1.82, 2.24) is 4.90 Å². The number of aliphatic hydroxyl groups is 2. The van der Waals surface area contributed by atoms with Crippen LogP contribution >= 0.6 is 0 Å². The van der Waals surface area contributed by atoms with E-state index >= 15 is 0 Å². The van der Waals surface area contributed by atoms with Crippen LogP contribution in [0.15, 0.2) is 47.0 Å². The second-order valence-corrected chi connectivity index (χ2v) is 8.87. The van der Waals surface area contributed by atoms with Crippen LogP contribution in [-0.4, -0.2) is 45.9 Å². The molecular formula is C21H25NO3. The largest absolute Gasteiger partial charge is 0.508 e. The summed E-state index contributed by atoms with van der Waals surface area (Å²) in [5.74, 6) is 1.83. The molecule has 4 heteroatoms. The van der Waals surface area contributed by atoms with E-state index in [1.807, 2.05) is 12.2 Å². The molecule has 1 saturated carbocycles. The number of likely N-dealkylation sites (tertiary alicyclic amines) is 1. The highest BCUT2D eigenvalue weighted by molar-refractivity contribution is 5.58. The van der Waals surface area contributed by atoms with Gasteiger partial charge in [0.2, 0.25) is 0 Å². The number of ether oxygens (including phenoxy) is 1. The van der Waals surface area contributed by atoms with Crippen molar-refractivity contribution in [2.24, 2.45) is 11.3 Å². The smallest absolute Gasteiger partial charge is 0.161 e. The zero-order valence-corrected chi connectivity index (χ0v) is 14.5. The van der Waals surface area contributed by atoms with Crippen LogP contribution in [0.5, 0.6) is 0 Å². The van der Waals surface area contributed by atoms with Crippen molar-refractivity contribution < 1.29 is 14.9 Å². The van der Waals surface area contributed by atoms with Gasteiger partial charge in [0, 0.05) is 24.6 Å². The summed E-state index contributed by atoms with van der Waals surface area (Å²) >= 11 is 0. The van der Waals surface area contributed by atoms with Crippen molar-refractivity contribution in [2.45, 2.75) is 56.3 Å². The average molecular weight is 339 g/mol. The minimum absolute atomic E-state index is 0.121. The standard InChI is InChI=1S/C21H25NO3/c1-12-6-7-21(24)16-10-14-4-5-15(23)18-17(14)20(21,19(12)25-18)8-9-22(16)11-13-2-3-13/h6-7,13,16,19,23-24H,1-5,8-11H2/t16-,19+,20+,21-/m1/s1. The Morgan fingerprint density at radius 1 is 1.32 bits per heavy atom. The maximum atomic E-state index is 12.0. The van der Waals surface area contributed by atoms with Crippen LogP contribution < -0.4 is 0 Å². The van der Waals surface area contributed by atoms with Crippen molar-refractivity contribution in [1.29, 1.82) is 0 Å². The molecule has 6 aliphatic rings. The summed E-state index contributed by atoms with van der Waals surface area (Å²) in [5, 5.41) is 22.5. The van der Waals surface area contributed by atoms with Gasteiger partial charge in [0.05, 0.1) is 5.41 Å². The molecule has 132 valence electrons. The maximum Gasteiger partial charge on any atom is 0.161 e. The lowest BCUT2D eigenvalue weighted by Gasteiger charge is -2.61. The fourth-order valence-electron chi connectivity index (χ4n) is 6.27. The number of piperidine rings is 1. The lowest BCUT2D eigenvalue weighted by molar-refractivity contribution is -0.155. The van der Waals surface area contributed by atoms with E-state index in [9.17, 15) is 10.2 Å². The van der Waals surface area contributed by atoms with E-state index in [0.717, 1.165) is 49.4 Å². The van der Waals surface area contributed by atoms with Crippen LogP contribution in [0.2, 0.25) is 0 Å². The molecule has 3 fully saturated rings. The predicted octanol–water partition coefficient (Wildman–Crippen LogP) is 2.98. The Morgan fingerprint density at radius 2 is 2.16 bits per heavy atom. The average Bonchev–Trinajstić information content (AvgIpc) is 3.32. The van der Waals surface area contributed by atoms with E-state index in [-0.39, 0.29) is 12.1 Å². The summed E-state index contributed by atoms with van der Waals surface area (Å²) in [6.07, 6.45) is 9.69. The molecule has 2 aliphatic heterocycles. The molecule has 2 saturated heterocycles. The number of allylic oxidation sites excluding steroid dienone is 2. The van der Waals surface area contributed by atoms with Crippen LogP contribution in [0, 0.1) is 11.3 Å². The summed E-state index contributed by atoms with van der Waals surface area (Å²) in [7, 11) is 0. The van der Waals surface area contributed by atoms with Gasteiger partial charge in [-0.15, -0.1) is 0 Å². The van der Waals surface area contributed by atoms with Gasteiger partial charge < -0.3 is 14.9 Å². The SMILES string of the molecule is C=C1C=C[C@@]2(O)[C@H]3CC4=C5C(=C(O)CC4)O[C@@H]1[C@]52CCN3CC1CC1. The first-order valence-corrected chi connectivity index (χ1v) is 9.71. The molecule has 4 atom stereocenters. The predicted molar refractivity (Wildman–Crippen MR) is 93.8 cm³/mol. The van der Waals surface area contributed by atoms with Gasteiger partial charge in [-0.1, -0.05) is 24.3 Å². The Hall–Kier alpha value is -1.52. The van der Waals surface area contributed by atoms with Crippen molar-refractivity contribution in [3.05, 3.63) is 47.0 Å². The van der Waals surface area contributed by atoms with Gasteiger partial charge in [-0.05, 0) is 50.1 Å². The first-order chi connectivity index (χ1) is 12.0. The molecule has 0 amide bonds. The molecule has 1 spiro atoms. The second kappa shape index (κ2) is 4.41. The summed E-state index contributed by atoms with van der Waals surface area (Å²) in [5.41, 5.74) is 2.05. The van der Waals surface area contributed by atoms with E-state index in [4.69, 9.17) is 4.74 Å². The normalized spacial score (nSPS) is 44.9. The van der Waals surface area contributed by atoms with Crippen molar-refractivity contribution in [3.8, 4) is 0 Å². The van der Waals surface area contributed by atoms with Crippen LogP contribution in [0.4, 0.5) is 0 Å². The molecule has 25 heavy (non-hydrogen) atoms. The fourth-order valence-corrected chi connectivity index (χ4v) is 6.27. The Balaban J connectivity index is 1.58. The topological polar surface area (TPSA) is 52.9 Å². The second-order valence-electron chi connectivity index (χ2n) is 8.87. The third-order valence-corrected chi connectivity index (χ3v) is 7.61. The van der Waals surface area contributed by atoms with Gasteiger partial charge in [0.1, 0.15) is 17.5 Å².